The second-order valence-electron chi connectivity index (χ2n) is 10.9. The van der Waals surface area contributed by atoms with Crippen LogP contribution < -0.4 is 0 Å². The molecule has 45 heavy (non-hydrogen) atoms. The summed E-state index contributed by atoms with van der Waals surface area (Å²) in [5, 5.41) is 10.8. The summed E-state index contributed by atoms with van der Waals surface area (Å²) in [6, 6.07) is 32.8. The van der Waals surface area contributed by atoms with Gasteiger partial charge in [-0.05, 0) is 58.3 Å². The first kappa shape index (κ1) is 25.9. The number of aromatic nitrogens is 5. The second-order valence-corrected chi connectivity index (χ2v) is 12.7. The molecule has 7 heteroatoms. The third-order valence-electron chi connectivity index (χ3n) is 8.27. The fourth-order valence-corrected chi connectivity index (χ4v) is 7.54. The van der Waals surface area contributed by atoms with Gasteiger partial charge >= 0.3 is 0 Å². The van der Waals surface area contributed by atoms with Crippen molar-refractivity contribution < 1.29 is 0 Å². The van der Waals surface area contributed by atoms with Gasteiger partial charge in [-0.1, -0.05) is 54.6 Å². The quantitative estimate of drug-likeness (QED) is 0.194. The molecule has 0 aliphatic carbocycles. The van der Waals surface area contributed by atoms with E-state index in [9.17, 15) is 0 Å². The molecular weight excluding hydrogens is 591 g/mol. The van der Waals surface area contributed by atoms with Crippen LogP contribution in [0, 0.1) is 0 Å². The molecule has 5 heterocycles. The molecule has 0 amide bonds. The highest BCUT2D eigenvalue weighted by Gasteiger charge is 2.19. The van der Waals surface area contributed by atoms with Gasteiger partial charge in [-0.15, -0.1) is 22.7 Å². The Hall–Kier alpha value is -5.50. The lowest BCUT2D eigenvalue weighted by molar-refractivity contribution is 1.18. The van der Waals surface area contributed by atoms with Crippen LogP contribution in [0.1, 0.15) is 0 Å². The minimum Gasteiger partial charge on any atom is -0.309 e. The van der Waals surface area contributed by atoms with Crippen LogP contribution in [0.5, 0.6) is 0 Å². The van der Waals surface area contributed by atoms with Crippen molar-refractivity contribution in [1.29, 1.82) is 0 Å². The summed E-state index contributed by atoms with van der Waals surface area (Å²) in [5.41, 5.74) is 9.83. The van der Waals surface area contributed by atoms with E-state index in [1.807, 2.05) is 47.9 Å². The summed E-state index contributed by atoms with van der Waals surface area (Å²) in [4.78, 5) is 18.3. The van der Waals surface area contributed by atoms with Gasteiger partial charge < -0.3 is 4.57 Å². The van der Waals surface area contributed by atoms with Crippen LogP contribution in [0.3, 0.4) is 0 Å². The Morgan fingerprint density at radius 2 is 1.13 bits per heavy atom. The van der Waals surface area contributed by atoms with E-state index < -0.39 is 0 Å². The molecule has 0 radical (unpaired) electrons. The van der Waals surface area contributed by atoms with Crippen LogP contribution in [0.2, 0.25) is 0 Å². The number of para-hydroxylation sites is 1. The first-order valence-corrected chi connectivity index (χ1v) is 16.3. The summed E-state index contributed by atoms with van der Waals surface area (Å²) in [5.74, 6) is 0. The van der Waals surface area contributed by atoms with Crippen molar-refractivity contribution in [2.45, 2.75) is 0 Å². The molecule has 0 bridgehead atoms. The molecule has 0 aliphatic rings. The van der Waals surface area contributed by atoms with Gasteiger partial charge in [-0.2, -0.15) is 0 Å². The fourth-order valence-electron chi connectivity index (χ4n) is 6.30. The molecule has 0 fully saturated rings. The van der Waals surface area contributed by atoms with E-state index in [0.717, 1.165) is 60.1 Å². The third kappa shape index (κ3) is 4.36. The predicted molar refractivity (Wildman–Crippen MR) is 187 cm³/mol. The second kappa shape index (κ2) is 10.6. The lowest BCUT2D eigenvalue weighted by Crippen LogP contribution is -1.94. The van der Waals surface area contributed by atoms with Gasteiger partial charge in [0.15, 0.2) is 0 Å². The van der Waals surface area contributed by atoms with E-state index in [1.54, 1.807) is 22.7 Å². The number of hydrogen-bond donors (Lipinski definition) is 0. The van der Waals surface area contributed by atoms with Crippen molar-refractivity contribution in [3.05, 3.63) is 139 Å². The third-order valence-corrected chi connectivity index (χ3v) is 9.91. The Bertz CT molecular complexity index is 2480. The first-order valence-electron chi connectivity index (χ1n) is 14.6. The normalized spacial score (nSPS) is 11.6. The van der Waals surface area contributed by atoms with Crippen molar-refractivity contribution in [2.24, 2.45) is 0 Å². The molecule has 5 aromatic heterocycles. The highest BCUT2D eigenvalue weighted by Crippen LogP contribution is 2.43. The SMILES string of the molecule is c1ccc(-n2c3cc(-c4cncc(-c5nccs5)c4)ccc3c3c4ccccc4c(-c4cncc(-c5nccs5)c4)cc32)cc1. The Morgan fingerprint density at radius 1 is 0.489 bits per heavy atom. The number of pyridine rings is 2. The van der Waals surface area contributed by atoms with Gasteiger partial charge in [0.2, 0.25) is 0 Å². The van der Waals surface area contributed by atoms with Gasteiger partial charge in [-0.3, -0.25) is 9.97 Å². The van der Waals surface area contributed by atoms with E-state index >= 15 is 0 Å². The van der Waals surface area contributed by atoms with Crippen LogP contribution in [0.25, 0.3) is 81.7 Å². The lowest BCUT2D eigenvalue weighted by atomic mass is 9.94. The Morgan fingerprint density at radius 3 is 1.84 bits per heavy atom. The highest BCUT2D eigenvalue weighted by atomic mass is 32.1. The van der Waals surface area contributed by atoms with E-state index in [4.69, 9.17) is 0 Å². The smallest absolute Gasteiger partial charge is 0.124 e. The minimum atomic E-state index is 0.967. The Balaban J connectivity index is 1.34. The lowest BCUT2D eigenvalue weighted by Gasteiger charge is -2.12. The van der Waals surface area contributed by atoms with Gasteiger partial charge in [0, 0.05) is 86.7 Å². The maximum absolute atomic E-state index is 4.65. The number of benzene rings is 4. The van der Waals surface area contributed by atoms with Crippen molar-refractivity contribution in [3.8, 4) is 49.1 Å². The van der Waals surface area contributed by atoms with Gasteiger partial charge in [0.1, 0.15) is 10.0 Å². The molecule has 0 atom stereocenters. The predicted octanol–water partition coefficient (Wildman–Crippen LogP) is 10.3. The number of hydrogen-bond acceptors (Lipinski definition) is 6. The van der Waals surface area contributed by atoms with Crippen molar-refractivity contribution >= 4 is 55.3 Å². The van der Waals surface area contributed by atoms with Crippen LogP contribution >= 0.6 is 22.7 Å². The summed E-state index contributed by atoms with van der Waals surface area (Å²) in [6.45, 7) is 0. The molecule has 9 rings (SSSR count). The summed E-state index contributed by atoms with van der Waals surface area (Å²) >= 11 is 3.25. The zero-order valence-electron chi connectivity index (χ0n) is 23.8. The van der Waals surface area contributed by atoms with Crippen LogP contribution in [0.4, 0.5) is 0 Å². The van der Waals surface area contributed by atoms with Crippen molar-refractivity contribution in [2.75, 3.05) is 0 Å². The maximum Gasteiger partial charge on any atom is 0.124 e. The molecular formula is C38H23N5S2. The van der Waals surface area contributed by atoms with Gasteiger partial charge in [-0.25, -0.2) is 9.97 Å². The maximum atomic E-state index is 4.65. The van der Waals surface area contributed by atoms with Crippen LogP contribution in [0.15, 0.2) is 139 Å². The molecule has 4 aromatic carbocycles. The van der Waals surface area contributed by atoms with Crippen molar-refractivity contribution in [3.63, 3.8) is 0 Å². The fraction of sp³-hybridized carbons (Fsp3) is 0. The minimum absolute atomic E-state index is 0.967. The highest BCUT2D eigenvalue weighted by molar-refractivity contribution is 7.13. The first-order chi connectivity index (χ1) is 22.3. The van der Waals surface area contributed by atoms with E-state index in [-0.39, 0.29) is 0 Å². The Kier molecular flexibility index (Phi) is 6.11. The molecule has 0 aliphatic heterocycles. The van der Waals surface area contributed by atoms with Gasteiger partial charge in [0.25, 0.3) is 0 Å². The molecule has 212 valence electrons. The van der Waals surface area contributed by atoms with Crippen LogP contribution in [-0.2, 0) is 0 Å². The molecule has 5 nitrogen and oxygen atoms in total. The molecule has 0 saturated carbocycles. The molecule has 0 saturated heterocycles. The molecule has 0 spiro atoms. The van der Waals surface area contributed by atoms with Crippen molar-refractivity contribution in [1.82, 2.24) is 24.5 Å². The van der Waals surface area contributed by atoms with Gasteiger partial charge in [0.05, 0.1) is 11.0 Å². The average molecular weight is 614 g/mol. The standard InChI is InChI=1S/C38H23N5S2/c1-2-6-29(7-3-1)43-34-18-24(25-16-27(22-39-20-25)37-41-12-14-44-37)10-11-32(34)36-31-9-5-4-8-30(31)33(19-35(36)43)26-17-28(23-40-21-26)38-42-13-15-45-38/h1-23H. The average Bonchev–Trinajstić information content (AvgIpc) is 3.90. The molecule has 0 N–H and O–H groups in total. The monoisotopic (exact) mass is 613 g/mol. The summed E-state index contributed by atoms with van der Waals surface area (Å²) in [6.07, 6.45) is 11.3. The topological polar surface area (TPSA) is 56.5 Å². The zero-order valence-corrected chi connectivity index (χ0v) is 25.5. The number of fused-ring (bicyclic) bond motifs is 5. The summed E-state index contributed by atoms with van der Waals surface area (Å²) < 4.78 is 2.39. The van der Waals surface area contributed by atoms with E-state index in [1.165, 1.54) is 21.5 Å². The Labute approximate surface area is 266 Å². The molecule has 0 unspecified atom stereocenters. The van der Waals surface area contributed by atoms with Crippen LogP contribution in [-0.4, -0.2) is 24.5 Å². The number of rotatable bonds is 5. The van der Waals surface area contributed by atoms with E-state index in [2.05, 4.69) is 115 Å². The van der Waals surface area contributed by atoms with E-state index in [0.29, 0.717) is 0 Å². The number of thiazole rings is 2. The summed E-state index contributed by atoms with van der Waals surface area (Å²) in [7, 11) is 0. The number of nitrogens with zero attached hydrogens (tertiary/aromatic N) is 5. The largest absolute Gasteiger partial charge is 0.309 e. The molecule has 9 aromatic rings. The zero-order chi connectivity index (χ0) is 29.7.